The smallest absolute Gasteiger partial charge is 0.356 e. The van der Waals surface area contributed by atoms with Crippen LogP contribution < -0.4 is 0 Å². The fourth-order valence-corrected chi connectivity index (χ4v) is 4.38. The van der Waals surface area contributed by atoms with E-state index in [9.17, 15) is 9.90 Å². The third kappa shape index (κ3) is 2.50. The summed E-state index contributed by atoms with van der Waals surface area (Å²) in [6.07, 6.45) is 0. The zero-order valence-corrected chi connectivity index (χ0v) is 13.4. The lowest BCUT2D eigenvalue weighted by molar-refractivity contribution is 0.0692. The van der Waals surface area contributed by atoms with Gasteiger partial charge in [0.1, 0.15) is 0 Å². The molecule has 0 aliphatic rings. The zero-order chi connectivity index (χ0) is 13.5. The van der Waals surface area contributed by atoms with Crippen LogP contribution in [-0.4, -0.2) is 16.1 Å². The lowest BCUT2D eigenvalue weighted by Gasteiger charge is -2.13. The summed E-state index contributed by atoms with van der Waals surface area (Å²) >= 11 is 6.42. The number of hydrogen-bond acceptors (Lipinski definition) is 4. The first kappa shape index (κ1) is 13.7. The Bertz CT molecular complexity index is 595. The molecule has 0 fully saturated rings. The van der Waals surface area contributed by atoms with E-state index in [2.05, 4.69) is 20.9 Å². The normalized spacial score (nSPS) is 11.8. The molecule has 0 saturated carbocycles. The van der Waals surface area contributed by atoms with Crippen LogP contribution in [0.3, 0.4) is 0 Å². The molecule has 0 radical (unpaired) electrons. The van der Waals surface area contributed by atoms with Crippen molar-refractivity contribution < 1.29 is 9.90 Å². The summed E-state index contributed by atoms with van der Waals surface area (Å²) in [5.74, 6) is -0.975. The summed E-state index contributed by atoms with van der Waals surface area (Å²) in [6.45, 7) is 6.10. The summed E-state index contributed by atoms with van der Waals surface area (Å²) in [5.41, 5.74) is 0.00435. The summed E-state index contributed by atoms with van der Waals surface area (Å²) in [4.78, 5) is 17.2. The maximum absolute atomic E-state index is 11.3. The first-order valence-corrected chi connectivity index (χ1v) is 7.77. The number of aromatic carboxylic acids is 1. The molecule has 18 heavy (non-hydrogen) atoms. The number of halogens is 1. The second-order valence-electron chi connectivity index (χ2n) is 4.85. The quantitative estimate of drug-likeness (QED) is 0.863. The van der Waals surface area contributed by atoms with Crippen molar-refractivity contribution in [3.05, 3.63) is 26.6 Å². The van der Waals surface area contributed by atoms with Crippen LogP contribution in [0.25, 0.3) is 9.75 Å². The van der Waals surface area contributed by atoms with Crippen molar-refractivity contribution in [2.24, 2.45) is 0 Å². The molecule has 0 bridgehead atoms. The van der Waals surface area contributed by atoms with E-state index < -0.39 is 5.97 Å². The van der Waals surface area contributed by atoms with Crippen molar-refractivity contribution in [3.63, 3.8) is 0 Å². The van der Waals surface area contributed by atoms with Gasteiger partial charge in [-0.05, 0) is 27.4 Å². The van der Waals surface area contributed by atoms with Crippen LogP contribution in [0.5, 0.6) is 0 Å². The van der Waals surface area contributed by atoms with Gasteiger partial charge < -0.3 is 5.11 Å². The molecule has 96 valence electrons. The van der Waals surface area contributed by atoms with Gasteiger partial charge in [0.05, 0.1) is 14.8 Å². The average Bonchev–Trinajstić information content (AvgIpc) is 2.81. The summed E-state index contributed by atoms with van der Waals surface area (Å²) < 4.78 is 0.916. The van der Waals surface area contributed by atoms with Crippen molar-refractivity contribution >= 4 is 44.6 Å². The molecular weight excluding hydrogens is 334 g/mol. The zero-order valence-electron chi connectivity index (χ0n) is 10.2. The van der Waals surface area contributed by atoms with Gasteiger partial charge in [0, 0.05) is 9.89 Å². The fraction of sp³-hybridized carbons (Fsp3) is 0.333. The maximum atomic E-state index is 11.3. The second kappa shape index (κ2) is 4.75. The summed E-state index contributed by atoms with van der Waals surface area (Å²) in [7, 11) is 0. The van der Waals surface area contributed by atoms with E-state index in [1.807, 2.05) is 32.2 Å². The molecule has 2 rings (SSSR count). The first-order valence-electron chi connectivity index (χ1n) is 5.28. The van der Waals surface area contributed by atoms with Gasteiger partial charge in [-0.1, -0.05) is 20.8 Å². The Kier molecular flexibility index (Phi) is 3.62. The molecule has 0 unspecified atom stereocenters. The van der Waals surface area contributed by atoms with Crippen LogP contribution in [0.2, 0.25) is 0 Å². The van der Waals surface area contributed by atoms with E-state index in [1.165, 1.54) is 22.7 Å². The van der Waals surface area contributed by atoms with E-state index in [1.54, 1.807) is 0 Å². The number of aromatic nitrogens is 1. The molecule has 0 aliphatic carbocycles. The third-order valence-corrected chi connectivity index (χ3v) is 5.78. The van der Waals surface area contributed by atoms with E-state index >= 15 is 0 Å². The monoisotopic (exact) mass is 345 g/mol. The van der Waals surface area contributed by atoms with Gasteiger partial charge in [0.15, 0.2) is 5.69 Å². The van der Waals surface area contributed by atoms with E-state index in [4.69, 9.17) is 0 Å². The highest BCUT2D eigenvalue weighted by atomic mass is 79.9. The minimum absolute atomic E-state index is 0.142. The summed E-state index contributed by atoms with van der Waals surface area (Å²) in [6, 6.07) is 1.92. The van der Waals surface area contributed by atoms with Gasteiger partial charge in [-0.25, -0.2) is 9.78 Å². The minimum Gasteiger partial charge on any atom is -0.476 e. The van der Waals surface area contributed by atoms with Gasteiger partial charge in [0.25, 0.3) is 0 Å². The van der Waals surface area contributed by atoms with Gasteiger partial charge >= 0.3 is 5.97 Å². The highest BCUT2D eigenvalue weighted by molar-refractivity contribution is 9.10. The molecular formula is C12H12BrNO2S2. The molecule has 0 atom stereocenters. The molecule has 1 N–H and O–H groups in total. The van der Waals surface area contributed by atoms with Crippen LogP contribution in [-0.2, 0) is 5.41 Å². The molecule has 0 saturated heterocycles. The van der Waals surface area contributed by atoms with Crippen molar-refractivity contribution in [1.29, 1.82) is 0 Å². The number of thiophene rings is 1. The van der Waals surface area contributed by atoms with Crippen LogP contribution in [0.15, 0.2) is 15.9 Å². The second-order valence-corrected chi connectivity index (χ2v) is 7.62. The van der Waals surface area contributed by atoms with Crippen molar-refractivity contribution in [2.45, 2.75) is 26.2 Å². The molecule has 2 aromatic rings. The number of thiazole rings is 1. The molecule has 0 aromatic carbocycles. The van der Waals surface area contributed by atoms with E-state index in [0.717, 1.165) is 19.2 Å². The summed E-state index contributed by atoms with van der Waals surface area (Å²) in [5, 5.41) is 12.0. The van der Waals surface area contributed by atoms with Gasteiger partial charge in [-0.15, -0.1) is 22.7 Å². The Morgan fingerprint density at radius 1 is 1.39 bits per heavy atom. The molecule has 6 heteroatoms. The van der Waals surface area contributed by atoms with E-state index in [-0.39, 0.29) is 11.1 Å². The minimum atomic E-state index is -0.975. The highest BCUT2D eigenvalue weighted by Crippen LogP contribution is 2.41. The topological polar surface area (TPSA) is 50.2 Å². The van der Waals surface area contributed by atoms with Crippen LogP contribution in [0.1, 0.15) is 36.3 Å². The molecule has 0 aliphatic heterocycles. The Morgan fingerprint density at radius 3 is 2.50 bits per heavy atom. The fourth-order valence-electron chi connectivity index (χ4n) is 1.40. The van der Waals surface area contributed by atoms with Crippen molar-refractivity contribution in [3.8, 4) is 9.75 Å². The Morgan fingerprint density at radius 2 is 2.06 bits per heavy atom. The number of nitrogens with zero attached hydrogens (tertiary/aromatic N) is 1. The first-order chi connectivity index (χ1) is 8.30. The van der Waals surface area contributed by atoms with Gasteiger partial charge in [0.2, 0.25) is 0 Å². The number of rotatable bonds is 2. The third-order valence-electron chi connectivity index (χ3n) is 2.29. The van der Waals surface area contributed by atoms with Gasteiger partial charge in [-0.2, -0.15) is 0 Å². The lowest BCUT2D eigenvalue weighted by atomic mass is 9.98. The molecule has 2 heterocycles. The highest BCUT2D eigenvalue weighted by Gasteiger charge is 2.26. The maximum Gasteiger partial charge on any atom is 0.356 e. The van der Waals surface area contributed by atoms with Crippen LogP contribution in [0, 0.1) is 0 Å². The number of carboxylic acid groups (broad SMARTS) is 1. The Hall–Kier alpha value is -0.720. The molecule has 3 nitrogen and oxygen atoms in total. The van der Waals surface area contributed by atoms with E-state index in [0.29, 0.717) is 0 Å². The Labute approximate surface area is 122 Å². The molecule has 0 spiro atoms. The predicted molar refractivity (Wildman–Crippen MR) is 78.8 cm³/mol. The number of hydrogen-bond donors (Lipinski definition) is 1. The number of carboxylic acids is 1. The molecule has 0 amide bonds. The van der Waals surface area contributed by atoms with Crippen molar-refractivity contribution in [2.75, 3.05) is 0 Å². The molecule has 2 aromatic heterocycles. The van der Waals surface area contributed by atoms with Crippen LogP contribution >= 0.6 is 38.6 Å². The number of carbonyl (C=O) groups is 1. The average molecular weight is 346 g/mol. The predicted octanol–water partition coefficient (Wildman–Crippen LogP) is 4.63. The standard InChI is InChI=1S/C12H12BrNO2S2/c1-12(2,3)11-14-7(10(15)16)9(18-11)8-6(13)4-5-17-8/h4-5H,1-3H3,(H,15,16). The largest absolute Gasteiger partial charge is 0.476 e. The van der Waals surface area contributed by atoms with Gasteiger partial charge in [-0.3, -0.25) is 0 Å². The Balaban J connectivity index is 2.63. The van der Waals surface area contributed by atoms with Crippen LogP contribution in [0.4, 0.5) is 0 Å². The lowest BCUT2D eigenvalue weighted by Crippen LogP contribution is -2.11. The van der Waals surface area contributed by atoms with Crippen molar-refractivity contribution in [1.82, 2.24) is 4.98 Å². The SMILES string of the molecule is CC(C)(C)c1nc(C(=O)O)c(-c2sccc2Br)s1.